The largest absolute Gasteiger partial charge is 0.316 e. The highest BCUT2D eigenvalue weighted by Crippen LogP contribution is 2.29. The summed E-state index contributed by atoms with van der Waals surface area (Å²) in [5, 5.41) is 3.72. The zero-order valence-electron chi connectivity index (χ0n) is 15.4. The average molecular weight is 297 g/mol. The molecule has 0 spiro atoms. The van der Waals surface area contributed by atoms with Crippen molar-refractivity contribution in [1.82, 2.24) is 10.2 Å². The van der Waals surface area contributed by atoms with E-state index in [0.717, 1.165) is 18.5 Å². The molecule has 0 aromatic carbocycles. The third-order valence-corrected chi connectivity index (χ3v) is 4.91. The summed E-state index contributed by atoms with van der Waals surface area (Å²) in [6.45, 7) is 16.7. The van der Waals surface area contributed by atoms with E-state index in [1.54, 1.807) is 0 Å². The van der Waals surface area contributed by atoms with Gasteiger partial charge in [0.15, 0.2) is 0 Å². The molecule has 2 unspecified atom stereocenters. The SMILES string of the molecule is CCCC1CCCCN1CC(C)(CCC)CNCC(C)C. The summed E-state index contributed by atoms with van der Waals surface area (Å²) >= 11 is 0. The Bertz CT molecular complexity index is 262. The molecule has 0 aromatic rings. The normalized spacial score (nSPS) is 23.4. The molecule has 2 atom stereocenters. The number of rotatable bonds is 10. The molecule has 0 amide bonds. The van der Waals surface area contributed by atoms with Gasteiger partial charge < -0.3 is 5.32 Å². The van der Waals surface area contributed by atoms with E-state index in [4.69, 9.17) is 0 Å². The smallest absolute Gasteiger partial charge is 0.00954 e. The third-order valence-electron chi connectivity index (χ3n) is 4.91. The predicted molar refractivity (Wildman–Crippen MR) is 94.8 cm³/mol. The van der Waals surface area contributed by atoms with Crippen molar-refractivity contribution in [3.8, 4) is 0 Å². The summed E-state index contributed by atoms with van der Waals surface area (Å²) in [5.41, 5.74) is 0.437. The van der Waals surface area contributed by atoms with Gasteiger partial charge in [-0.1, -0.05) is 53.9 Å². The van der Waals surface area contributed by atoms with Crippen molar-refractivity contribution in [3.63, 3.8) is 0 Å². The Morgan fingerprint density at radius 2 is 1.95 bits per heavy atom. The highest BCUT2D eigenvalue weighted by molar-refractivity contribution is 4.85. The number of hydrogen-bond donors (Lipinski definition) is 1. The summed E-state index contributed by atoms with van der Waals surface area (Å²) in [7, 11) is 0. The zero-order valence-corrected chi connectivity index (χ0v) is 15.4. The minimum Gasteiger partial charge on any atom is -0.316 e. The second kappa shape index (κ2) is 9.84. The minimum atomic E-state index is 0.437. The predicted octanol–water partition coefficient (Wildman–Crippen LogP) is 4.69. The van der Waals surface area contributed by atoms with Gasteiger partial charge in [0, 0.05) is 19.1 Å². The second-order valence-corrected chi connectivity index (χ2v) is 7.99. The fourth-order valence-electron chi connectivity index (χ4n) is 3.91. The van der Waals surface area contributed by atoms with E-state index in [-0.39, 0.29) is 0 Å². The van der Waals surface area contributed by atoms with Gasteiger partial charge in [-0.25, -0.2) is 0 Å². The summed E-state index contributed by atoms with van der Waals surface area (Å²) in [5.74, 6) is 0.749. The maximum atomic E-state index is 3.72. The average Bonchev–Trinajstić information content (AvgIpc) is 2.41. The molecule has 1 N–H and O–H groups in total. The molecule has 2 nitrogen and oxygen atoms in total. The fraction of sp³-hybridized carbons (Fsp3) is 1.00. The van der Waals surface area contributed by atoms with Crippen molar-refractivity contribution in [1.29, 1.82) is 0 Å². The first-order valence-electron chi connectivity index (χ1n) is 9.45. The molecule has 1 fully saturated rings. The first kappa shape index (κ1) is 19.0. The highest BCUT2D eigenvalue weighted by Gasteiger charge is 2.30. The molecule has 1 rings (SSSR count). The van der Waals surface area contributed by atoms with Crippen molar-refractivity contribution in [2.24, 2.45) is 11.3 Å². The lowest BCUT2D eigenvalue weighted by molar-refractivity contribution is 0.0767. The van der Waals surface area contributed by atoms with Crippen molar-refractivity contribution in [3.05, 3.63) is 0 Å². The van der Waals surface area contributed by atoms with Crippen molar-refractivity contribution >= 4 is 0 Å². The third kappa shape index (κ3) is 7.15. The molecule has 21 heavy (non-hydrogen) atoms. The van der Waals surface area contributed by atoms with Crippen LogP contribution in [0.25, 0.3) is 0 Å². The lowest BCUT2D eigenvalue weighted by Crippen LogP contribution is -2.48. The Kier molecular flexibility index (Phi) is 8.89. The van der Waals surface area contributed by atoms with E-state index in [9.17, 15) is 0 Å². The number of nitrogens with one attached hydrogen (secondary N) is 1. The van der Waals surface area contributed by atoms with Gasteiger partial charge in [-0.15, -0.1) is 0 Å². The first-order valence-corrected chi connectivity index (χ1v) is 9.45. The van der Waals surface area contributed by atoms with E-state index in [0.29, 0.717) is 5.41 Å². The van der Waals surface area contributed by atoms with Crippen LogP contribution in [-0.2, 0) is 0 Å². The summed E-state index contributed by atoms with van der Waals surface area (Å²) in [6.07, 6.45) is 9.63. The van der Waals surface area contributed by atoms with E-state index >= 15 is 0 Å². The fourth-order valence-corrected chi connectivity index (χ4v) is 3.91. The Hall–Kier alpha value is -0.0800. The Labute approximate surface area is 134 Å². The maximum absolute atomic E-state index is 3.72. The van der Waals surface area contributed by atoms with Crippen LogP contribution in [0.3, 0.4) is 0 Å². The Morgan fingerprint density at radius 3 is 2.57 bits per heavy atom. The Balaban J connectivity index is 2.56. The summed E-state index contributed by atoms with van der Waals surface area (Å²) in [4.78, 5) is 2.82. The summed E-state index contributed by atoms with van der Waals surface area (Å²) in [6, 6.07) is 0.852. The molecule has 0 aromatic heterocycles. The molecule has 2 heteroatoms. The van der Waals surface area contributed by atoms with Crippen LogP contribution in [0, 0.1) is 11.3 Å². The van der Waals surface area contributed by atoms with E-state index in [2.05, 4.69) is 44.8 Å². The molecule has 126 valence electrons. The molecule has 1 heterocycles. The van der Waals surface area contributed by atoms with Gasteiger partial charge in [0.25, 0.3) is 0 Å². The summed E-state index contributed by atoms with van der Waals surface area (Å²) < 4.78 is 0. The highest BCUT2D eigenvalue weighted by atomic mass is 15.2. The second-order valence-electron chi connectivity index (χ2n) is 7.99. The van der Waals surface area contributed by atoms with Crippen molar-refractivity contribution < 1.29 is 0 Å². The molecule has 0 radical (unpaired) electrons. The van der Waals surface area contributed by atoms with Crippen molar-refractivity contribution in [2.75, 3.05) is 26.2 Å². The van der Waals surface area contributed by atoms with Gasteiger partial charge in [0.2, 0.25) is 0 Å². The van der Waals surface area contributed by atoms with E-state index in [1.165, 1.54) is 64.6 Å². The van der Waals surface area contributed by atoms with Gasteiger partial charge in [-0.2, -0.15) is 0 Å². The lowest BCUT2D eigenvalue weighted by atomic mass is 9.83. The van der Waals surface area contributed by atoms with Crippen LogP contribution < -0.4 is 5.32 Å². The quantitative estimate of drug-likeness (QED) is 0.629. The topological polar surface area (TPSA) is 15.3 Å². The minimum absolute atomic E-state index is 0.437. The molecule has 1 aliphatic heterocycles. The molecular weight excluding hydrogens is 256 g/mol. The van der Waals surface area contributed by atoms with Gasteiger partial charge in [-0.3, -0.25) is 4.90 Å². The van der Waals surface area contributed by atoms with Crippen LogP contribution >= 0.6 is 0 Å². The number of hydrogen-bond acceptors (Lipinski definition) is 2. The van der Waals surface area contributed by atoms with Gasteiger partial charge in [-0.05, 0) is 50.1 Å². The van der Waals surface area contributed by atoms with Crippen LogP contribution in [0.15, 0.2) is 0 Å². The molecule has 0 saturated carbocycles. The van der Waals surface area contributed by atoms with Gasteiger partial charge >= 0.3 is 0 Å². The van der Waals surface area contributed by atoms with Crippen molar-refractivity contribution in [2.45, 2.75) is 85.6 Å². The standard InChI is InChI=1S/C19H40N2/c1-6-10-18-11-8-9-13-21(18)16-19(5,12-7-2)15-20-14-17(3)4/h17-18,20H,6-16H2,1-5H3. The maximum Gasteiger partial charge on any atom is 0.00954 e. The van der Waals surface area contributed by atoms with E-state index in [1.807, 2.05) is 0 Å². The number of piperidine rings is 1. The van der Waals surface area contributed by atoms with Gasteiger partial charge in [0.05, 0.1) is 0 Å². The van der Waals surface area contributed by atoms with Crippen LogP contribution in [-0.4, -0.2) is 37.1 Å². The van der Waals surface area contributed by atoms with Crippen LogP contribution in [0.4, 0.5) is 0 Å². The molecule has 0 bridgehead atoms. The monoisotopic (exact) mass is 296 g/mol. The van der Waals surface area contributed by atoms with Crippen LogP contribution in [0.5, 0.6) is 0 Å². The lowest BCUT2D eigenvalue weighted by Gasteiger charge is -2.42. The number of likely N-dealkylation sites (tertiary alicyclic amines) is 1. The first-order chi connectivity index (χ1) is 10.0. The van der Waals surface area contributed by atoms with Gasteiger partial charge in [0.1, 0.15) is 0 Å². The Morgan fingerprint density at radius 1 is 1.19 bits per heavy atom. The number of nitrogens with zero attached hydrogens (tertiary/aromatic N) is 1. The van der Waals surface area contributed by atoms with Crippen LogP contribution in [0.1, 0.15) is 79.6 Å². The molecule has 1 saturated heterocycles. The molecule has 1 aliphatic rings. The zero-order chi connectivity index (χ0) is 15.7. The molecular formula is C19H40N2. The van der Waals surface area contributed by atoms with E-state index < -0.39 is 0 Å². The van der Waals surface area contributed by atoms with Crippen LogP contribution in [0.2, 0.25) is 0 Å². The molecule has 0 aliphatic carbocycles.